The number of carboxylic acid groups (broad SMARTS) is 1. The zero-order chi connectivity index (χ0) is 13.9. The average Bonchev–Trinajstić information content (AvgIpc) is 2.61. The molecule has 1 N–H and O–H groups in total. The van der Waals surface area contributed by atoms with Crippen LogP contribution in [0.3, 0.4) is 0 Å². The van der Waals surface area contributed by atoms with Gasteiger partial charge in [-0.15, -0.1) is 0 Å². The Labute approximate surface area is 106 Å². The van der Waals surface area contributed by atoms with Crippen LogP contribution in [0.2, 0.25) is 0 Å². The van der Waals surface area contributed by atoms with Crippen molar-refractivity contribution < 1.29 is 23.8 Å². The molecule has 1 rings (SSSR count). The number of likely N-dealkylation sites (tertiary alicyclic amines) is 1. The molecule has 1 heterocycles. The maximum atomic E-state index is 13.6. The molecule has 18 heavy (non-hydrogen) atoms. The van der Waals surface area contributed by atoms with Gasteiger partial charge in [0.05, 0.1) is 6.42 Å². The van der Waals surface area contributed by atoms with Crippen molar-refractivity contribution in [3.63, 3.8) is 0 Å². The molecule has 0 aromatic rings. The van der Waals surface area contributed by atoms with Crippen molar-refractivity contribution in [1.29, 1.82) is 0 Å². The molecule has 1 amide bonds. The van der Waals surface area contributed by atoms with Crippen LogP contribution in [0.4, 0.5) is 9.18 Å². The van der Waals surface area contributed by atoms with E-state index < -0.39 is 36.2 Å². The van der Waals surface area contributed by atoms with Gasteiger partial charge >= 0.3 is 12.1 Å². The molecule has 2 atom stereocenters. The lowest BCUT2D eigenvalue weighted by Crippen LogP contribution is -2.36. The topological polar surface area (TPSA) is 66.8 Å². The second-order valence-corrected chi connectivity index (χ2v) is 5.59. The smallest absolute Gasteiger partial charge is 0.410 e. The molecule has 1 fully saturated rings. The molecule has 0 radical (unpaired) electrons. The molecular weight excluding hydrogens is 241 g/mol. The van der Waals surface area contributed by atoms with E-state index in [4.69, 9.17) is 9.84 Å². The van der Waals surface area contributed by atoms with Gasteiger partial charge in [-0.05, 0) is 27.2 Å². The van der Waals surface area contributed by atoms with E-state index in [0.717, 1.165) is 0 Å². The van der Waals surface area contributed by atoms with Crippen LogP contribution < -0.4 is 0 Å². The van der Waals surface area contributed by atoms with Crippen LogP contribution in [0.1, 0.15) is 33.6 Å². The van der Waals surface area contributed by atoms with Gasteiger partial charge in [0.15, 0.2) is 0 Å². The van der Waals surface area contributed by atoms with Crippen LogP contribution >= 0.6 is 0 Å². The minimum atomic E-state index is -1.41. The van der Waals surface area contributed by atoms with E-state index in [1.165, 1.54) is 4.90 Å². The molecule has 104 valence electrons. The summed E-state index contributed by atoms with van der Waals surface area (Å²) in [6.07, 6.45) is -1.90. The van der Waals surface area contributed by atoms with Gasteiger partial charge in [-0.2, -0.15) is 0 Å². The SMILES string of the molecule is CC(C)(C)OC(=O)N1CCC(C(F)CC(=O)O)C1. The van der Waals surface area contributed by atoms with E-state index in [1.54, 1.807) is 20.8 Å². The van der Waals surface area contributed by atoms with E-state index in [9.17, 15) is 14.0 Å². The number of nitrogens with zero attached hydrogens (tertiary/aromatic N) is 1. The first kappa shape index (κ1) is 14.7. The second-order valence-electron chi connectivity index (χ2n) is 5.59. The second kappa shape index (κ2) is 5.54. The van der Waals surface area contributed by atoms with Gasteiger partial charge in [0, 0.05) is 19.0 Å². The van der Waals surface area contributed by atoms with Crippen LogP contribution in [0, 0.1) is 5.92 Å². The molecule has 6 heteroatoms. The number of hydrogen-bond acceptors (Lipinski definition) is 3. The van der Waals surface area contributed by atoms with Gasteiger partial charge in [-0.3, -0.25) is 4.79 Å². The molecule has 5 nitrogen and oxygen atoms in total. The van der Waals surface area contributed by atoms with E-state index in [0.29, 0.717) is 13.0 Å². The number of amides is 1. The highest BCUT2D eigenvalue weighted by atomic mass is 19.1. The van der Waals surface area contributed by atoms with Crippen molar-refractivity contribution in [1.82, 2.24) is 4.90 Å². The molecule has 0 aromatic heterocycles. The van der Waals surface area contributed by atoms with Gasteiger partial charge in [0.25, 0.3) is 0 Å². The number of aliphatic carboxylic acids is 1. The Morgan fingerprint density at radius 1 is 1.50 bits per heavy atom. The number of hydrogen-bond donors (Lipinski definition) is 1. The molecule has 0 saturated carbocycles. The summed E-state index contributed by atoms with van der Waals surface area (Å²) in [6.45, 7) is 5.94. The highest BCUT2D eigenvalue weighted by Gasteiger charge is 2.34. The maximum absolute atomic E-state index is 13.6. The van der Waals surface area contributed by atoms with Crippen molar-refractivity contribution in [2.24, 2.45) is 5.92 Å². The number of rotatable bonds is 3. The summed E-state index contributed by atoms with van der Waals surface area (Å²) >= 11 is 0. The first-order valence-electron chi connectivity index (χ1n) is 6.03. The van der Waals surface area contributed by atoms with Crippen molar-refractivity contribution in [3.8, 4) is 0 Å². The van der Waals surface area contributed by atoms with Crippen LogP contribution in [-0.4, -0.2) is 46.9 Å². The van der Waals surface area contributed by atoms with Crippen LogP contribution in [0.15, 0.2) is 0 Å². The van der Waals surface area contributed by atoms with Crippen molar-refractivity contribution in [3.05, 3.63) is 0 Å². The van der Waals surface area contributed by atoms with Crippen LogP contribution in [-0.2, 0) is 9.53 Å². The predicted octanol–water partition coefficient (Wildman–Crippen LogP) is 2.06. The van der Waals surface area contributed by atoms with E-state index >= 15 is 0 Å². The average molecular weight is 261 g/mol. The molecule has 0 spiro atoms. The quantitative estimate of drug-likeness (QED) is 0.844. The highest BCUT2D eigenvalue weighted by molar-refractivity contribution is 5.69. The highest BCUT2D eigenvalue weighted by Crippen LogP contribution is 2.25. The Kier molecular flexibility index (Phi) is 4.53. The van der Waals surface area contributed by atoms with Gasteiger partial charge in [0.1, 0.15) is 11.8 Å². The number of halogens is 1. The van der Waals surface area contributed by atoms with E-state index in [-0.39, 0.29) is 6.54 Å². The lowest BCUT2D eigenvalue weighted by molar-refractivity contribution is -0.138. The summed E-state index contributed by atoms with van der Waals surface area (Å²) in [4.78, 5) is 23.6. The Morgan fingerprint density at radius 2 is 2.11 bits per heavy atom. The van der Waals surface area contributed by atoms with Crippen LogP contribution in [0.5, 0.6) is 0 Å². The molecule has 1 saturated heterocycles. The summed E-state index contributed by atoms with van der Waals surface area (Å²) in [5.74, 6) is -1.56. The number of ether oxygens (including phenoxy) is 1. The zero-order valence-electron chi connectivity index (χ0n) is 11.0. The Bertz CT molecular complexity index is 327. The van der Waals surface area contributed by atoms with Crippen molar-refractivity contribution in [2.45, 2.75) is 45.4 Å². The fourth-order valence-electron chi connectivity index (χ4n) is 1.91. The minimum Gasteiger partial charge on any atom is -0.481 e. The van der Waals surface area contributed by atoms with Crippen molar-refractivity contribution >= 4 is 12.1 Å². The van der Waals surface area contributed by atoms with Gasteiger partial charge in [0.2, 0.25) is 0 Å². The first-order valence-corrected chi connectivity index (χ1v) is 6.03. The zero-order valence-corrected chi connectivity index (χ0v) is 11.0. The maximum Gasteiger partial charge on any atom is 0.410 e. The summed E-state index contributed by atoms with van der Waals surface area (Å²) in [5, 5.41) is 8.53. The molecule has 1 aliphatic heterocycles. The van der Waals surface area contributed by atoms with Gasteiger partial charge in [-0.25, -0.2) is 9.18 Å². The Morgan fingerprint density at radius 3 is 2.61 bits per heavy atom. The van der Waals surface area contributed by atoms with Crippen LogP contribution in [0.25, 0.3) is 0 Å². The largest absolute Gasteiger partial charge is 0.481 e. The van der Waals surface area contributed by atoms with Gasteiger partial charge < -0.3 is 14.7 Å². The fourth-order valence-corrected chi connectivity index (χ4v) is 1.91. The normalized spacial score (nSPS) is 21.8. The number of carbonyl (C=O) groups is 2. The van der Waals surface area contributed by atoms with Crippen molar-refractivity contribution in [2.75, 3.05) is 13.1 Å². The fraction of sp³-hybridized carbons (Fsp3) is 0.833. The summed E-state index contributed by atoms with van der Waals surface area (Å²) in [7, 11) is 0. The van der Waals surface area contributed by atoms with Gasteiger partial charge in [-0.1, -0.05) is 0 Å². The standard InChI is InChI=1S/C12H20FNO4/c1-12(2,3)18-11(17)14-5-4-8(7-14)9(13)6-10(15)16/h8-9H,4-7H2,1-3H3,(H,15,16). The molecular formula is C12H20FNO4. The first-order chi connectivity index (χ1) is 8.19. The molecule has 1 aliphatic rings. The van der Waals surface area contributed by atoms with E-state index in [1.807, 2.05) is 0 Å². The molecule has 0 bridgehead atoms. The summed E-state index contributed by atoms with van der Waals surface area (Å²) in [6, 6.07) is 0. The number of alkyl halides is 1. The molecule has 0 aliphatic carbocycles. The third-order valence-corrected chi connectivity index (χ3v) is 2.76. The summed E-state index contributed by atoms with van der Waals surface area (Å²) in [5.41, 5.74) is -0.578. The number of carbonyl (C=O) groups excluding carboxylic acids is 1. The third-order valence-electron chi connectivity index (χ3n) is 2.76. The third kappa shape index (κ3) is 4.50. The lowest BCUT2D eigenvalue weighted by atomic mass is 10.0. The number of carboxylic acids is 1. The predicted molar refractivity (Wildman–Crippen MR) is 63.1 cm³/mol. The molecule has 2 unspecified atom stereocenters. The lowest BCUT2D eigenvalue weighted by Gasteiger charge is -2.24. The van der Waals surface area contributed by atoms with E-state index in [2.05, 4.69) is 0 Å². The minimum absolute atomic E-state index is 0.226. The Hall–Kier alpha value is -1.33. The molecule has 0 aromatic carbocycles. The summed E-state index contributed by atoms with van der Waals surface area (Å²) < 4.78 is 18.8. The monoisotopic (exact) mass is 261 g/mol. The Balaban J connectivity index is 2.46.